The van der Waals surface area contributed by atoms with E-state index in [0.29, 0.717) is 30.3 Å². The molecule has 0 bridgehead atoms. The molecule has 1 aromatic carbocycles. The molecule has 8 nitrogen and oxygen atoms in total. The lowest BCUT2D eigenvalue weighted by Crippen LogP contribution is -2.44. The Morgan fingerprint density at radius 2 is 2.06 bits per heavy atom. The van der Waals surface area contributed by atoms with Gasteiger partial charge in [0.1, 0.15) is 0 Å². The second-order valence-electron chi connectivity index (χ2n) is 9.21. The van der Waals surface area contributed by atoms with E-state index >= 15 is 0 Å². The van der Waals surface area contributed by atoms with E-state index in [9.17, 15) is 0 Å². The molecule has 0 spiro atoms. The van der Waals surface area contributed by atoms with Gasteiger partial charge in [-0.1, -0.05) is 18.2 Å². The van der Waals surface area contributed by atoms with Crippen LogP contribution in [0.2, 0.25) is 0 Å². The second kappa shape index (κ2) is 9.21. The number of ether oxygens (including phenoxy) is 1. The minimum Gasteiger partial charge on any atom is -0.419 e. The summed E-state index contributed by atoms with van der Waals surface area (Å²) in [5.74, 6) is 1.48. The summed E-state index contributed by atoms with van der Waals surface area (Å²) >= 11 is 0. The molecular formula is C25H32N6O2. The molecule has 3 aliphatic rings. The van der Waals surface area contributed by atoms with Gasteiger partial charge in [-0.2, -0.15) is 0 Å². The summed E-state index contributed by atoms with van der Waals surface area (Å²) in [5.41, 5.74) is 4.84. The fourth-order valence-electron chi connectivity index (χ4n) is 5.38. The second-order valence-corrected chi connectivity index (χ2v) is 9.21. The molecule has 33 heavy (non-hydrogen) atoms. The highest BCUT2D eigenvalue weighted by Crippen LogP contribution is 2.39. The number of morpholine rings is 1. The van der Waals surface area contributed by atoms with Crippen LogP contribution in [-0.4, -0.2) is 66.2 Å². The van der Waals surface area contributed by atoms with Gasteiger partial charge in [0, 0.05) is 49.6 Å². The number of hydrogen-bond donors (Lipinski definition) is 3. The zero-order valence-electron chi connectivity index (χ0n) is 19.5. The van der Waals surface area contributed by atoms with Gasteiger partial charge in [-0.3, -0.25) is 4.90 Å². The summed E-state index contributed by atoms with van der Waals surface area (Å²) in [6.45, 7) is 7.46. The van der Waals surface area contributed by atoms with Crippen molar-refractivity contribution in [1.29, 1.82) is 5.41 Å². The third-order valence-electron chi connectivity index (χ3n) is 6.74. The van der Waals surface area contributed by atoms with Crippen molar-refractivity contribution in [3.8, 4) is 11.5 Å². The molecule has 0 saturated carbocycles. The number of aromatic nitrogens is 2. The SMILES string of the molecule is CNc1cc(C2=CC=CC3NCCC23)cc(-c2nnc(CN3CC(C)OC(C)C3)o2)c1C=N. The number of hydrogen-bond acceptors (Lipinski definition) is 8. The first-order chi connectivity index (χ1) is 16.1. The van der Waals surface area contributed by atoms with Crippen molar-refractivity contribution < 1.29 is 9.15 Å². The summed E-state index contributed by atoms with van der Waals surface area (Å²) in [7, 11) is 1.88. The molecule has 3 N–H and O–H groups in total. The number of benzene rings is 1. The van der Waals surface area contributed by atoms with Gasteiger partial charge in [0.15, 0.2) is 0 Å². The number of rotatable bonds is 6. The topological polar surface area (TPSA) is 99.3 Å². The zero-order chi connectivity index (χ0) is 22.9. The lowest BCUT2D eigenvalue weighted by atomic mass is 9.82. The lowest BCUT2D eigenvalue weighted by molar-refractivity contribution is -0.0721. The van der Waals surface area contributed by atoms with E-state index in [1.54, 1.807) is 0 Å². The van der Waals surface area contributed by atoms with Crippen LogP contribution in [0.15, 0.2) is 34.8 Å². The Bertz CT molecular complexity index is 1080. The van der Waals surface area contributed by atoms with Crippen LogP contribution < -0.4 is 10.6 Å². The molecule has 5 rings (SSSR count). The quantitative estimate of drug-likeness (QED) is 0.583. The van der Waals surface area contributed by atoms with E-state index < -0.39 is 0 Å². The third-order valence-corrected chi connectivity index (χ3v) is 6.74. The highest BCUT2D eigenvalue weighted by Gasteiger charge is 2.31. The Hall–Kier alpha value is -2.81. The summed E-state index contributed by atoms with van der Waals surface area (Å²) in [4.78, 5) is 2.29. The molecule has 3 heterocycles. The summed E-state index contributed by atoms with van der Waals surface area (Å²) < 4.78 is 12.0. The van der Waals surface area contributed by atoms with E-state index in [-0.39, 0.29) is 12.2 Å². The van der Waals surface area contributed by atoms with E-state index in [1.807, 2.05) is 7.05 Å². The average molecular weight is 449 g/mol. The number of fused-ring (bicyclic) bond motifs is 1. The normalized spacial score (nSPS) is 27.3. The monoisotopic (exact) mass is 448 g/mol. The minimum absolute atomic E-state index is 0.183. The smallest absolute Gasteiger partial charge is 0.248 e. The van der Waals surface area contributed by atoms with Gasteiger partial charge >= 0.3 is 0 Å². The Morgan fingerprint density at radius 1 is 1.24 bits per heavy atom. The fraction of sp³-hybridized carbons (Fsp3) is 0.480. The highest BCUT2D eigenvalue weighted by molar-refractivity contribution is 5.96. The van der Waals surface area contributed by atoms with Gasteiger partial charge in [-0.25, -0.2) is 0 Å². The van der Waals surface area contributed by atoms with Crippen molar-refractivity contribution in [1.82, 2.24) is 20.4 Å². The number of nitrogens with zero attached hydrogens (tertiary/aromatic N) is 3. The Morgan fingerprint density at radius 3 is 2.82 bits per heavy atom. The van der Waals surface area contributed by atoms with Crippen LogP contribution in [0.1, 0.15) is 37.3 Å². The molecule has 8 heteroatoms. The molecule has 0 amide bonds. The summed E-state index contributed by atoms with van der Waals surface area (Å²) in [5, 5.41) is 23.6. The van der Waals surface area contributed by atoms with Gasteiger partial charge in [0.2, 0.25) is 11.8 Å². The fourth-order valence-corrected chi connectivity index (χ4v) is 5.38. The predicted octanol–water partition coefficient (Wildman–Crippen LogP) is 3.32. The molecule has 174 valence electrons. The van der Waals surface area contributed by atoms with Crippen LogP contribution in [0.5, 0.6) is 0 Å². The van der Waals surface area contributed by atoms with Gasteiger partial charge in [-0.05, 0) is 50.1 Å². The maximum absolute atomic E-state index is 8.05. The zero-order valence-corrected chi connectivity index (χ0v) is 19.5. The van der Waals surface area contributed by atoms with E-state index in [0.717, 1.165) is 48.4 Å². The summed E-state index contributed by atoms with van der Waals surface area (Å²) in [6, 6.07) is 4.60. The third kappa shape index (κ3) is 4.38. The van der Waals surface area contributed by atoms with Crippen molar-refractivity contribution in [3.05, 3.63) is 47.4 Å². The molecule has 2 aliphatic heterocycles. The first kappa shape index (κ1) is 22.0. The molecule has 1 aliphatic carbocycles. The Balaban J connectivity index is 1.48. The predicted molar refractivity (Wildman–Crippen MR) is 129 cm³/mol. The van der Waals surface area contributed by atoms with Gasteiger partial charge < -0.3 is 25.2 Å². The first-order valence-corrected chi connectivity index (χ1v) is 11.7. The van der Waals surface area contributed by atoms with Crippen LogP contribution in [-0.2, 0) is 11.3 Å². The molecule has 0 radical (unpaired) electrons. The van der Waals surface area contributed by atoms with Gasteiger partial charge in [-0.15, -0.1) is 10.2 Å². The standard InChI is InChI=1S/C25H32N6O2/c1-15-12-31(13-16(2)32-15)14-24-29-30-25(33-24)20-9-17(10-23(27-3)21(20)11-26)18-5-4-6-22-19(18)7-8-28-22/h4-6,9-11,15-16,19,22,26-28H,7-8,12-14H2,1-3H3. The van der Waals surface area contributed by atoms with Crippen LogP contribution in [0, 0.1) is 11.3 Å². The Labute approximate surface area is 194 Å². The van der Waals surface area contributed by atoms with Crippen molar-refractivity contribution in [3.63, 3.8) is 0 Å². The van der Waals surface area contributed by atoms with E-state index in [1.165, 1.54) is 11.8 Å². The van der Waals surface area contributed by atoms with Crippen molar-refractivity contribution in [2.24, 2.45) is 5.92 Å². The maximum atomic E-state index is 8.05. The molecule has 4 unspecified atom stereocenters. The summed E-state index contributed by atoms with van der Waals surface area (Å²) in [6.07, 6.45) is 9.41. The van der Waals surface area contributed by atoms with Gasteiger partial charge in [0.05, 0.1) is 24.3 Å². The van der Waals surface area contributed by atoms with Crippen LogP contribution >= 0.6 is 0 Å². The van der Waals surface area contributed by atoms with E-state index in [2.05, 4.69) is 69.9 Å². The van der Waals surface area contributed by atoms with Crippen LogP contribution in [0.25, 0.3) is 17.0 Å². The molecule has 1 aromatic heterocycles. The highest BCUT2D eigenvalue weighted by atomic mass is 16.5. The first-order valence-electron chi connectivity index (χ1n) is 11.7. The number of nitrogens with one attached hydrogen (secondary N) is 3. The van der Waals surface area contributed by atoms with Crippen molar-refractivity contribution in [2.75, 3.05) is 32.0 Å². The lowest BCUT2D eigenvalue weighted by Gasteiger charge is -2.34. The van der Waals surface area contributed by atoms with E-state index in [4.69, 9.17) is 14.6 Å². The minimum atomic E-state index is 0.183. The largest absolute Gasteiger partial charge is 0.419 e. The van der Waals surface area contributed by atoms with Crippen molar-refractivity contribution in [2.45, 2.75) is 45.1 Å². The van der Waals surface area contributed by atoms with Crippen LogP contribution in [0.4, 0.5) is 5.69 Å². The molecule has 2 fully saturated rings. The molecular weight excluding hydrogens is 416 g/mol. The van der Waals surface area contributed by atoms with Gasteiger partial charge in [0.25, 0.3) is 0 Å². The van der Waals surface area contributed by atoms with Crippen LogP contribution in [0.3, 0.4) is 0 Å². The molecule has 2 saturated heterocycles. The number of allylic oxidation sites excluding steroid dienone is 2. The molecule has 2 aromatic rings. The maximum Gasteiger partial charge on any atom is 0.248 e. The number of anilines is 1. The molecule has 4 atom stereocenters. The Kier molecular flexibility index (Phi) is 6.14. The van der Waals surface area contributed by atoms with Crippen molar-refractivity contribution >= 4 is 17.5 Å². The average Bonchev–Trinajstić information content (AvgIpc) is 3.46.